The molecule has 1 amide bonds. The topological polar surface area (TPSA) is 78.0 Å². The van der Waals surface area contributed by atoms with E-state index in [0.717, 1.165) is 16.7 Å². The molecule has 0 aliphatic rings. The van der Waals surface area contributed by atoms with Gasteiger partial charge in [0.05, 0.1) is 5.39 Å². The van der Waals surface area contributed by atoms with Gasteiger partial charge >= 0.3 is 0 Å². The van der Waals surface area contributed by atoms with E-state index >= 15 is 0 Å². The summed E-state index contributed by atoms with van der Waals surface area (Å²) in [7, 11) is 0. The summed E-state index contributed by atoms with van der Waals surface area (Å²) < 4.78 is 1.44. The van der Waals surface area contributed by atoms with Crippen molar-refractivity contribution in [3.8, 4) is 11.1 Å². The van der Waals surface area contributed by atoms with Gasteiger partial charge in [-0.25, -0.2) is 4.98 Å². The summed E-state index contributed by atoms with van der Waals surface area (Å²) in [5.74, 6) is 0.0437. The minimum Gasteiger partial charge on any atom is -0.368 e. The fourth-order valence-electron chi connectivity index (χ4n) is 2.87. The molecule has 0 saturated carbocycles. The number of carbonyl (C=O) groups excluding carboxylic acids is 1. The number of primary amides is 1. The Kier molecular flexibility index (Phi) is 4.47. The van der Waals surface area contributed by atoms with Gasteiger partial charge in [0.25, 0.3) is 5.56 Å². The fraction of sp³-hybridized carbons (Fsp3) is 0.316. The number of thiophene rings is 1. The minimum atomic E-state index is -0.743. The molecule has 3 aromatic rings. The zero-order chi connectivity index (χ0) is 18.3. The van der Waals surface area contributed by atoms with E-state index in [4.69, 9.17) is 5.73 Å². The lowest BCUT2D eigenvalue weighted by Crippen LogP contribution is -2.35. The molecule has 1 atom stereocenters. The molecule has 2 heterocycles. The summed E-state index contributed by atoms with van der Waals surface area (Å²) in [6, 6.07) is 7.27. The molecule has 0 saturated heterocycles. The van der Waals surface area contributed by atoms with Crippen molar-refractivity contribution in [3.05, 3.63) is 51.4 Å². The first-order chi connectivity index (χ1) is 11.8. The Morgan fingerprint density at radius 2 is 1.84 bits per heavy atom. The number of carbonyl (C=O) groups is 1. The number of nitrogens with two attached hydrogens (primary N) is 1. The Labute approximate surface area is 150 Å². The van der Waals surface area contributed by atoms with Crippen LogP contribution in [0.1, 0.15) is 44.1 Å². The Morgan fingerprint density at radius 3 is 2.40 bits per heavy atom. The lowest BCUT2D eigenvalue weighted by molar-refractivity contribution is -0.120. The maximum Gasteiger partial charge on any atom is 0.263 e. The lowest BCUT2D eigenvalue weighted by atomic mass is 10.0. The number of nitrogens with zero attached hydrogens (tertiary/aromatic N) is 2. The summed E-state index contributed by atoms with van der Waals surface area (Å²) in [5.41, 5.74) is 8.22. The minimum absolute atomic E-state index is 0.00354. The molecule has 2 aromatic heterocycles. The maximum atomic E-state index is 13.2. The number of rotatable bonds is 4. The fourth-order valence-corrected chi connectivity index (χ4v) is 3.82. The van der Waals surface area contributed by atoms with Crippen LogP contribution in [0.15, 0.2) is 34.4 Å². The van der Waals surface area contributed by atoms with Crippen molar-refractivity contribution >= 4 is 27.5 Å². The van der Waals surface area contributed by atoms with Gasteiger partial charge in [-0.2, -0.15) is 0 Å². The first-order valence-electron chi connectivity index (χ1n) is 8.21. The number of hydrogen-bond acceptors (Lipinski definition) is 4. The molecule has 0 radical (unpaired) electrons. The Bertz CT molecular complexity index is 1000. The van der Waals surface area contributed by atoms with Gasteiger partial charge in [-0.1, -0.05) is 43.7 Å². The van der Waals surface area contributed by atoms with Crippen molar-refractivity contribution in [1.29, 1.82) is 0 Å². The van der Waals surface area contributed by atoms with Crippen LogP contribution in [-0.2, 0) is 4.79 Å². The van der Waals surface area contributed by atoms with Crippen LogP contribution < -0.4 is 11.3 Å². The smallest absolute Gasteiger partial charge is 0.263 e. The number of aryl methyl sites for hydroxylation is 1. The van der Waals surface area contributed by atoms with Crippen LogP contribution in [0.4, 0.5) is 0 Å². The highest BCUT2D eigenvalue weighted by atomic mass is 32.1. The van der Waals surface area contributed by atoms with Crippen LogP contribution in [-0.4, -0.2) is 15.5 Å². The molecule has 0 aliphatic heterocycles. The van der Waals surface area contributed by atoms with Gasteiger partial charge in [0.15, 0.2) is 0 Å². The second kappa shape index (κ2) is 6.44. The zero-order valence-corrected chi connectivity index (χ0v) is 15.6. The SMILES string of the molecule is Cc1ccc(-c2csc3nc(C(C)C)n(C(C)C(N)=O)c(=O)c23)cc1. The summed E-state index contributed by atoms with van der Waals surface area (Å²) >= 11 is 1.45. The highest BCUT2D eigenvalue weighted by molar-refractivity contribution is 7.17. The predicted molar refractivity (Wildman–Crippen MR) is 102 cm³/mol. The van der Waals surface area contributed by atoms with Crippen molar-refractivity contribution < 1.29 is 4.79 Å². The van der Waals surface area contributed by atoms with E-state index in [1.807, 2.05) is 50.4 Å². The highest BCUT2D eigenvalue weighted by Gasteiger charge is 2.23. The Morgan fingerprint density at radius 1 is 1.20 bits per heavy atom. The molecule has 2 N–H and O–H groups in total. The van der Waals surface area contributed by atoms with Crippen LogP contribution in [0, 0.1) is 6.92 Å². The van der Waals surface area contributed by atoms with Gasteiger partial charge in [-0.05, 0) is 19.4 Å². The van der Waals surface area contributed by atoms with Gasteiger partial charge in [-0.3, -0.25) is 14.2 Å². The normalized spacial score (nSPS) is 12.7. The molecule has 5 nitrogen and oxygen atoms in total. The number of aromatic nitrogens is 2. The van der Waals surface area contributed by atoms with Crippen molar-refractivity contribution in [2.75, 3.05) is 0 Å². The molecule has 0 bridgehead atoms. The van der Waals surface area contributed by atoms with E-state index in [1.165, 1.54) is 15.9 Å². The highest BCUT2D eigenvalue weighted by Crippen LogP contribution is 2.32. The second-order valence-electron chi connectivity index (χ2n) is 6.57. The summed E-state index contributed by atoms with van der Waals surface area (Å²) in [6.45, 7) is 7.56. The van der Waals surface area contributed by atoms with Crippen LogP contribution in [0.3, 0.4) is 0 Å². The first-order valence-corrected chi connectivity index (χ1v) is 9.09. The van der Waals surface area contributed by atoms with Crippen molar-refractivity contribution in [1.82, 2.24) is 9.55 Å². The molecule has 1 unspecified atom stereocenters. The molecule has 0 aliphatic carbocycles. The van der Waals surface area contributed by atoms with Crippen molar-refractivity contribution in [3.63, 3.8) is 0 Å². The molecule has 1 aromatic carbocycles. The third kappa shape index (κ3) is 2.98. The lowest BCUT2D eigenvalue weighted by Gasteiger charge is -2.19. The summed E-state index contributed by atoms with van der Waals surface area (Å²) in [4.78, 5) is 30.3. The van der Waals surface area contributed by atoms with Gasteiger partial charge in [-0.15, -0.1) is 11.3 Å². The van der Waals surface area contributed by atoms with E-state index in [9.17, 15) is 9.59 Å². The van der Waals surface area contributed by atoms with E-state index in [2.05, 4.69) is 4.98 Å². The molecule has 6 heteroatoms. The third-order valence-electron chi connectivity index (χ3n) is 4.35. The molecule has 130 valence electrons. The Hall–Kier alpha value is -2.47. The molecule has 0 fully saturated rings. The van der Waals surface area contributed by atoms with Gasteiger partial charge in [0, 0.05) is 16.9 Å². The number of hydrogen-bond donors (Lipinski definition) is 1. The third-order valence-corrected chi connectivity index (χ3v) is 5.22. The van der Waals surface area contributed by atoms with E-state index in [1.54, 1.807) is 6.92 Å². The van der Waals surface area contributed by atoms with Crippen LogP contribution in [0.5, 0.6) is 0 Å². The van der Waals surface area contributed by atoms with E-state index in [0.29, 0.717) is 16.0 Å². The monoisotopic (exact) mass is 355 g/mol. The molecule has 3 rings (SSSR count). The van der Waals surface area contributed by atoms with Crippen molar-refractivity contribution in [2.24, 2.45) is 5.73 Å². The molecular formula is C19H21N3O2S. The largest absolute Gasteiger partial charge is 0.368 e. The van der Waals surface area contributed by atoms with E-state index in [-0.39, 0.29) is 11.5 Å². The van der Waals surface area contributed by atoms with Crippen LogP contribution in [0.25, 0.3) is 21.3 Å². The predicted octanol–water partition coefficient (Wildman–Crippen LogP) is 3.60. The maximum absolute atomic E-state index is 13.2. The second-order valence-corrected chi connectivity index (χ2v) is 7.43. The van der Waals surface area contributed by atoms with Crippen LogP contribution in [0.2, 0.25) is 0 Å². The first kappa shape index (κ1) is 17.4. The average Bonchev–Trinajstić information content (AvgIpc) is 2.99. The van der Waals surface area contributed by atoms with Crippen molar-refractivity contribution in [2.45, 2.75) is 39.7 Å². The number of fused-ring (bicyclic) bond motifs is 1. The summed E-state index contributed by atoms with van der Waals surface area (Å²) in [5, 5.41) is 2.50. The zero-order valence-electron chi connectivity index (χ0n) is 14.7. The standard InChI is InChI=1S/C19H21N3O2S/c1-10(2)17-21-18-15(19(24)22(17)12(4)16(20)23)14(9-25-18)13-7-5-11(3)6-8-13/h5-10,12H,1-4H3,(H2,20,23). The molecule has 25 heavy (non-hydrogen) atoms. The number of benzene rings is 1. The average molecular weight is 355 g/mol. The molecule has 0 spiro atoms. The number of amides is 1. The van der Waals surface area contributed by atoms with Gasteiger partial charge in [0.2, 0.25) is 5.91 Å². The quantitative estimate of drug-likeness (QED) is 0.776. The Balaban J connectivity index is 2.34. The molecular weight excluding hydrogens is 334 g/mol. The van der Waals surface area contributed by atoms with Crippen LogP contribution >= 0.6 is 11.3 Å². The van der Waals surface area contributed by atoms with Gasteiger partial charge < -0.3 is 5.73 Å². The van der Waals surface area contributed by atoms with E-state index < -0.39 is 11.9 Å². The van der Waals surface area contributed by atoms with Gasteiger partial charge in [0.1, 0.15) is 16.7 Å². The summed E-state index contributed by atoms with van der Waals surface area (Å²) in [6.07, 6.45) is 0.